The van der Waals surface area contributed by atoms with Crippen molar-refractivity contribution in [2.75, 3.05) is 0 Å². The van der Waals surface area contributed by atoms with Gasteiger partial charge in [0, 0.05) is 5.38 Å². The summed E-state index contributed by atoms with van der Waals surface area (Å²) in [5, 5.41) is 10.5. The van der Waals surface area contributed by atoms with Crippen molar-refractivity contribution < 1.29 is 4.42 Å². The Morgan fingerprint density at radius 1 is 1.31 bits per heavy atom. The number of fused-ring (bicyclic) bond motifs is 1. The minimum atomic E-state index is 0.577. The molecule has 0 aliphatic rings. The third-order valence-corrected chi connectivity index (χ3v) is 3.15. The summed E-state index contributed by atoms with van der Waals surface area (Å²) in [5.74, 6) is 0.577. The van der Waals surface area contributed by atoms with Gasteiger partial charge < -0.3 is 4.42 Å². The molecule has 3 nitrogen and oxygen atoms in total. The molecule has 0 atom stereocenters. The number of oxazole rings is 1. The minimum absolute atomic E-state index is 0.577. The topological polar surface area (TPSA) is 49.8 Å². The van der Waals surface area contributed by atoms with E-state index in [9.17, 15) is 0 Å². The summed E-state index contributed by atoms with van der Waals surface area (Å²) in [4.78, 5) is 5.25. The Labute approximate surface area is 95.6 Å². The number of para-hydroxylation sites is 2. The lowest BCUT2D eigenvalue weighted by atomic mass is 10.3. The molecule has 0 N–H and O–H groups in total. The van der Waals surface area contributed by atoms with Crippen molar-refractivity contribution in [3.8, 4) is 16.8 Å². The van der Waals surface area contributed by atoms with Crippen LogP contribution in [0, 0.1) is 11.3 Å². The number of benzene rings is 1. The van der Waals surface area contributed by atoms with Gasteiger partial charge in [-0.3, -0.25) is 0 Å². The van der Waals surface area contributed by atoms with Crippen LogP contribution in [0.25, 0.3) is 21.9 Å². The highest BCUT2D eigenvalue weighted by Crippen LogP contribution is 2.29. The standard InChI is InChI=1S/C12H6N2OS/c13-6-8-5-11(16-7-8)12-14-9-3-1-2-4-10(9)15-12/h1-5,7H. The van der Waals surface area contributed by atoms with Gasteiger partial charge in [0.1, 0.15) is 11.6 Å². The molecule has 0 aliphatic heterocycles. The van der Waals surface area contributed by atoms with Crippen molar-refractivity contribution in [3.05, 3.63) is 41.3 Å². The van der Waals surface area contributed by atoms with Gasteiger partial charge in [-0.15, -0.1) is 11.3 Å². The molecular formula is C12H6N2OS. The second-order valence-corrected chi connectivity index (χ2v) is 4.21. The van der Waals surface area contributed by atoms with E-state index in [2.05, 4.69) is 11.1 Å². The second kappa shape index (κ2) is 3.47. The quantitative estimate of drug-likeness (QED) is 0.638. The van der Waals surface area contributed by atoms with Gasteiger partial charge in [0.25, 0.3) is 0 Å². The van der Waals surface area contributed by atoms with E-state index in [1.54, 1.807) is 11.4 Å². The highest BCUT2D eigenvalue weighted by molar-refractivity contribution is 7.13. The summed E-state index contributed by atoms with van der Waals surface area (Å²) in [6.45, 7) is 0. The first-order valence-electron chi connectivity index (χ1n) is 4.71. The molecule has 0 saturated carbocycles. The Morgan fingerprint density at radius 2 is 2.19 bits per heavy atom. The van der Waals surface area contributed by atoms with Crippen LogP contribution in [0.1, 0.15) is 5.56 Å². The molecule has 0 unspecified atom stereocenters. The van der Waals surface area contributed by atoms with Crippen LogP contribution in [0.15, 0.2) is 40.1 Å². The van der Waals surface area contributed by atoms with Crippen LogP contribution in [0.4, 0.5) is 0 Å². The number of hydrogen-bond donors (Lipinski definition) is 0. The lowest BCUT2D eigenvalue weighted by Gasteiger charge is -1.84. The Hall–Kier alpha value is -2.12. The van der Waals surface area contributed by atoms with Gasteiger partial charge in [0.15, 0.2) is 5.58 Å². The molecule has 76 valence electrons. The van der Waals surface area contributed by atoms with Crippen LogP contribution in [0.5, 0.6) is 0 Å². The first kappa shape index (κ1) is 9.13. The lowest BCUT2D eigenvalue weighted by molar-refractivity contribution is 0.621. The molecule has 4 heteroatoms. The SMILES string of the molecule is N#Cc1csc(-c2nc3ccccc3o2)c1. The number of nitrogens with zero attached hydrogens (tertiary/aromatic N) is 2. The first-order chi connectivity index (χ1) is 7.86. The van der Waals surface area contributed by atoms with Crippen molar-refractivity contribution in [2.45, 2.75) is 0 Å². The fraction of sp³-hybridized carbons (Fsp3) is 0. The third-order valence-electron chi connectivity index (χ3n) is 2.23. The summed E-state index contributed by atoms with van der Waals surface area (Å²) in [6, 6.07) is 11.5. The van der Waals surface area contributed by atoms with Gasteiger partial charge in [0.2, 0.25) is 5.89 Å². The van der Waals surface area contributed by atoms with E-state index in [0.29, 0.717) is 11.5 Å². The summed E-state index contributed by atoms with van der Waals surface area (Å²) in [7, 11) is 0. The van der Waals surface area contributed by atoms with Crippen LogP contribution in [-0.2, 0) is 0 Å². The van der Waals surface area contributed by atoms with E-state index in [4.69, 9.17) is 9.68 Å². The van der Waals surface area contributed by atoms with Crippen molar-refractivity contribution >= 4 is 22.4 Å². The summed E-state index contributed by atoms with van der Waals surface area (Å²) in [5.41, 5.74) is 2.25. The molecule has 0 radical (unpaired) electrons. The molecule has 0 spiro atoms. The molecule has 2 aromatic heterocycles. The maximum absolute atomic E-state index is 8.74. The van der Waals surface area contributed by atoms with E-state index < -0.39 is 0 Å². The average Bonchev–Trinajstić information content (AvgIpc) is 2.95. The van der Waals surface area contributed by atoms with E-state index in [1.165, 1.54) is 11.3 Å². The van der Waals surface area contributed by atoms with Gasteiger partial charge >= 0.3 is 0 Å². The lowest BCUT2D eigenvalue weighted by Crippen LogP contribution is -1.69. The Kier molecular flexibility index (Phi) is 1.98. The first-order valence-corrected chi connectivity index (χ1v) is 5.59. The molecule has 0 aliphatic carbocycles. The Bertz CT molecular complexity index is 657. The predicted molar refractivity (Wildman–Crippen MR) is 62.0 cm³/mol. The molecule has 16 heavy (non-hydrogen) atoms. The fourth-order valence-corrected chi connectivity index (χ4v) is 2.24. The van der Waals surface area contributed by atoms with Crippen molar-refractivity contribution in [3.63, 3.8) is 0 Å². The molecule has 0 bridgehead atoms. The highest BCUT2D eigenvalue weighted by Gasteiger charge is 2.09. The Morgan fingerprint density at radius 3 is 2.94 bits per heavy atom. The molecule has 3 rings (SSSR count). The summed E-state index contributed by atoms with van der Waals surface area (Å²) in [6.07, 6.45) is 0. The molecule has 0 fully saturated rings. The van der Waals surface area contributed by atoms with Gasteiger partial charge in [0.05, 0.1) is 10.4 Å². The van der Waals surface area contributed by atoms with Crippen LogP contribution in [-0.4, -0.2) is 4.98 Å². The van der Waals surface area contributed by atoms with Gasteiger partial charge in [-0.2, -0.15) is 5.26 Å². The predicted octanol–water partition coefficient (Wildman–Crippen LogP) is 3.43. The van der Waals surface area contributed by atoms with Gasteiger partial charge in [-0.05, 0) is 18.2 Å². The van der Waals surface area contributed by atoms with Crippen LogP contribution < -0.4 is 0 Å². The number of aromatic nitrogens is 1. The van der Waals surface area contributed by atoms with E-state index in [1.807, 2.05) is 24.3 Å². The average molecular weight is 226 g/mol. The molecule has 0 saturated heterocycles. The maximum atomic E-state index is 8.74. The highest BCUT2D eigenvalue weighted by atomic mass is 32.1. The normalized spacial score (nSPS) is 10.4. The van der Waals surface area contributed by atoms with Crippen LogP contribution in [0.3, 0.4) is 0 Å². The third kappa shape index (κ3) is 1.38. The largest absolute Gasteiger partial charge is 0.435 e. The van der Waals surface area contributed by atoms with E-state index in [-0.39, 0.29) is 0 Å². The summed E-state index contributed by atoms with van der Waals surface area (Å²) >= 11 is 1.46. The second-order valence-electron chi connectivity index (χ2n) is 3.30. The van der Waals surface area contributed by atoms with Crippen LogP contribution in [0.2, 0.25) is 0 Å². The van der Waals surface area contributed by atoms with E-state index >= 15 is 0 Å². The zero-order valence-corrected chi connectivity index (χ0v) is 8.99. The van der Waals surface area contributed by atoms with Gasteiger partial charge in [-0.1, -0.05) is 12.1 Å². The van der Waals surface area contributed by atoms with Crippen LogP contribution >= 0.6 is 11.3 Å². The maximum Gasteiger partial charge on any atom is 0.237 e. The monoisotopic (exact) mass is 226 g/mol. The molecule has 3 aromatic rings. The molecular weight excluding hydrogens is 220 g/mol. The van der Waals surface area contributed by atoms with Crippen molar-refractivity contribution in [2.24, 2.45) is 0 Å². The number of thiophene rings is 1. The molecule has 1 aromatic carbocycles. The van der Waals surface area contributed by atoms with Gasteiger partial charge in [-0.25, -0.2) is 4.98 Å². The van der Waals surface area contributed by atoms with Crippen molar-refractivity contribution in [1.82, 2.24) is 4.98 Å². The minimum Gasteiger partial charge on any atom is -0.435 e. The summed E-state index contributed by atoms with van der Waals surface area (Å²) < 4.78 is 5.60. The number of hydrogen-bond acceptors (Lipinski definition) is 4. The smallest absolute Gasteiger partial charge is 0.237 e. The fourth-order valence-electron chi connectivity index (χ4n) is 1.48. The van der Waals surface area contributed by atoms with E-state index in [0.717, 1.165) is 16.0 Å². The van der Waals surface area contributed by atoms with Crippen molar-refractivity contribution in [1.29, 1.82) is 5.26 Å². The zero-order valence-electron chi connectivity index (χ0n) is 8.18. The zero-order chi connectivity index (χ0) is 11.0. The molecule has 2 heterocycles. The Balaban J connectivity index is 2.15. The number of nitriles is 1. The molecule has 0 amide bonds. The number of rotatable bonds is 1.